The van der Waals surface area contributed by atoms with E-state index >= 15 is 0 Å². The standard InChI is InChI=1S/C24H37N3O/c1-19(24(28)27-15-11-23(12-16-27)25-18-22-7-8-22)26-13-9-21(10-14-26)17-20-5-3-2-4-6-20/h2-6,19,21-23,25H,7-18H2,1H3. The summed E-state index contributed by atoms with van der Waals surface area (Å²) in [6.07, 6.45) is 8.64. The molecule has 0 radical (unpaired) electrons. The molecule has 1 aliphatic carbocycles. The second-order valence-electron chi connectivity index (χ2n) is 9.30. The van der Waals surface area contributed by atoms with Crippen LogP contribution in [0.15, 0.2) is 30.3 Å². The molecule has 2 saturated heterocycles. The minimum Gasteiger partial charge on any atom is -0.341 e. The van der Waals surface area contributed by atoms with E-state index in [1.54, 1.807) is 0 Å². The first-order chi connectivity index (χ1) is 13.7. The first kappa shape index (κ1) is 19.9. The molecule has 1 aromatic carbocycles. The number of carbonyl (C=O) groups is 1. The van der Waals surface area contributed by atoms with E-state index in [4.69, 9.17) is 0 Å². The van der Waals surface area contributed by atoms with Crippen LogP contribution in [0.4, 0.5) is 0 Å². The number of carbonyl (C=O) groups excluding carboxylic acids is 1. The topological polar surface area (TPSA) is 35.6 Å². The van der Waals surface area contributed by atoms with Crippen molar-refractivity contribution in [1.82, 2.24) is 15.1 Å². The second kappa shape index (κ2) is 9.41. The van der Waals surface area contributed by atoms with Gasteiger partial charge in [-0.05, 0) is 88.9 Å². The number of piperidine rings is 2. The zero-order valence-electron chi connectivity index (χ0n) is 17.5. The van der Waals surface area contributed by atoms with Gasteiger partial charge in [-0.3, -0.25) is 9.69 Å². The molecule has 4 nitrogen and oxygen atoms in total. The molecule has 2 heterocycles. The molecule has 1 aromatic rings. The Balaban J connectivity index is 1.18. The molecule has 0 aromatic heterocycles. The Bertz CT molecular complexity index is 614. The van der Waals surface area contributed by atoms with Gasteiger partial charge in [0.2, 0.25) is 5.91 Å². The van der Waals surface area contributed by atoms with Crippen LogP contribution in [-0.2, 0) is 11.2 Å². The number of nitrogens with one attached hydrogen (secondary N) is 1. The van der Waals surface area contributed by atoms with E-state index in [1.165, 1.54) is 44.2 Å². The highest BCUT2D eigenvalue weighted by Crippen LogP contribution is 2.28. The summed E-state index contributed by atoms with van der Waals surface area (Å²) < 4.78 is 0. The van der Waals surface area contributed by atoms with Crippen molar-refractivity contribution < 1.29 is 4.79 Å². The van der Waals surface area contributed by atoms with Crippen molar-refractivity contribution in [1.29, 1.82) is 0 Å². The fourth-order valence-electron chi connectivity index (χ4n) is 4.87. The normalized spacial score (nSPS) is 23.7. The summed E-state index contributed by atoms with van der Waals surface area (Å²) in [4.78, 5) is 17.6. The van der Waals surface area contributed by atoms with Crippen LogP contribution in [-0.4, -0.2) is 60.5 Å². The van der Waals surface area contributed by atoms with Gasteiger partial charge in [0.15, 0.2) is 0 Å². The van der Waals surface area contributed by atoms with Crippen LogP contribution >= 0.6 is 0 Å². The Hall–Kier alpha value is -1.39. The van der Waals surface area contributed by atoms with Crippen LogP contribution in [0, 0.1) is 11.8 Å². The molecule has 1 saturated carbocycles. The lowest BCUT2D eigenvalue weighted by atomic mass is 9.89. The van der Waals surface area contributed by atoms with Crippen LogP contribution in [0.3, 0.4) is 0 Å². The van der Waals surface area contributed by atoms with Gasteiger partial charge >= 0.3 is 0 Å². The number of hydrogen-bond donors (Lipinski definition) is 1. The maximum atomic E-state index is 13.0. The summed E-state index contributed by atoms with van der Waals surface area (Å²) in [5.41, 5.74) is 1.45. The molecular weight excluding hydrogens is 346 g/mol. The smallest absolute Gasteiger partial charge is 0.239 e. The van der Waals surface area contributed by atoms with Gasteiger partial charge in [-0.2, -0.15) is 0 Å². The van der Waals surface area contributed by atoms with Gasteiger partial charge in [0, 0.05) is 19.1 Å². The van der Waals surface area contributed by atoms with Gasteiger partial charge in [0.05, 0.1) is 6.04 Å². The lowest BCUT2D eigenvalue weighted by molar-refractivity contribution is -0.138. The fourth-order valence-corrected chi connectivity index (χ4v) is 4.87. The second-order valence-corrected chi connectivity index (χ2v) is 9.30. The highest BCUT2D eigenvalue weighted by atomic mass is 16.2. The molecular formula is C24H37N3O. The van der Waals surface area contributed by atoms with E-state index in [0.29, 0.717) is 11.9 Å². The van der Waals surface area contributed by atoms with Gasteiger partial charge in [-0.15, -0.1) is 0 Å². The minimum absolute atomic E-state index is 0.0358. The summed E-state index contributed by atoms with van der Waals surface area (Å²) >= 11 is 0. The predicted octanol–water partition coefficient (Wildman–Crippen LogP) is 3.32. The Morgan fingerprint density at radius 1 is 0.964 bits per heavy atom. The molecule has 4 heteroatoms. The zero-order chi connectivity index (χ0) is 19.3. The zero-order valence-corrected chi connectivity index (χ0v) is 17.5. The number of nitrogens with zero attached hydrogens (tertiary/aromatic N) is 2. The molecule has 154 valence electrons. The molecule has 0 bridgehead atoms. The number of hydrogen-bond acceptors (Lipinski definition) is 3. The van der Waals surface area contributed by atoms with Crippen molar-refractivity contribution >= 4 is 5.91 Å². The maximum Gasteiger partial charge on any atom is 0.239 e. The van der Waals surface area contributed by atoms with E-state index in [0.717, 1.165) is 50.9 Å². The van der Waals surface area contributed by atoms with E-state index in [1.807, 2.05) is 0 Å². The molecule has 2 aliphatic heterocycles. The van der Waals surface area contributed by atoms with E-state index < -0.39 is 0 Å². The number of benzene rings is 1. The lowest BCUT2D eigenvalue weighted by Gasteiger charge is -2.39. The van der Waals surface area contributed by atoms with E-state index in [2.05, 4.69) is 52.4 Å². The van der Waals surface area contributed by atoms with Crippen molar-refractivity contribution in [3.8, 4) is 0 Å². The maximum absolute atomic E-state index is 13.0. The average molecular weight is 384 g/mol. The van der Waals surface area contributed by atoms with E-state index in [-0.39, 0.29) is 6.04 Å². The fraction of sp³-hybridized carbons (Fsp3) is 0.708. The number of rotatable bonds is 7. The third-order valence-corrected chi connectivity index (χ3v) is 7.12. The van der Waals surface area contributed by atoms with E-state index in [9.17, 15) is 4.79 Å². The predicted molar refractivity (Wildman–Crippen MR) is 114 cm³/mol. The molecule has 3 aliphatic rings. The van der Waals surface area contributed by atoms with Gasteiger partial charge in [0.1, 0.15) is 0 Å². The Labute approximate surface area is 170 Å². The number of amides is 1. The summed E-state index contributed by atoms with van der Waals surface area (Å²) in [6.45, 7) is 7.28. The third kappa shape index (κ3) is 5.36. The third-order valence-electron chi connectivity index (χ3n) is 7.12. The highest BCUT2D eigenvalue weighted by molar-refractivity contribution is 5.81. The lowest BCUT2D eigenvalue weighted by Crippen LogP contribution is -2.53. The van der Waals surface area contributed by atoms with Crippen molar-refractivity contribution in [2.45, 2.75) is 64.0 Å². The molecule has 4 rings (SSSR count). The molecule has 3 fully saturated rings. The van der Waals surface area contributed by atoms with Crippen LogP contribution < -0.4 is 5.32 Å². The molecule has 1 unspecified atom stereocenters. The van der Waals surface area contributed by atoms with Crippen molar-refractivity contribution in [2.75, 3.05) is 32.7 Å². The van der Waals surface area contributed by atoms with Crippen molar-refractivity contribution in [3.63, 3.8) is 0 Å². The van der Waals surface area contributed by atoms with Gasteiger partial charge < -0.3 is 10.2 Å². The first-order valence-electron chi connectivity index (χ1n) is 11.5. The van der Waals surface area contributed by atoms with Crippen LogP contribution in [0.5, 0.6) is 0 Å². The molecule has 1 amide bonds. The minimum atomic E-state index is 0.0358. The summed E-state index contributed by atoms with van der Waals surface area (Å²) in [5.74, 6) is 2.04. The van der Waals surface area contributed by atoms with Crippen LogP contribution in [0.2, 0.25) is 0 Å². The average Bonchev–Trinajstić information content (AvgIpc) is 3.57. The molecule has 0 spiro atoms. The monoisotopic (exact) mass is 383 g/mol. The number of likely N-dealkylation sites (tertiary alicyclic amines) is 2. The summed E-state index contributed by atoms with van der Waals surface area (Å²) in [7, 11) is 0. The Morgan fingerprint density at radius 3 is 2.29 bits per heavy atom. The van der Waals surface area contributed by atoms with Crippen molar-refractivity contribution in [3.05, 3.63) is 35.9 Å². The summed E-state index contributed by atoms with van der Waals surface area (Å²) in [5, 5.41) is 3.71. The van der Waals surface area contributed by atoms with Gasteiger partial charge in [0.25, 0.3) is 0 Å². The molecule has 1 N–H and O–H groups in total. The Morgan fingerprint density at radius 2 is 1.64 bits per heavy atom. The van der Waals surface area contributed by atoms with Gasteiger partial charge in [-0.1, -0.05) is 30.3 Å². The quantitative estimate of drug-likeness (QED) is 0.785. The Kier molecular flexibility index (Phi) is 6.69. The molecule has 1 atom stereocenters. The molecule has 28 heavy (non-hydrogen) atoms. The largest absolute Gasteiger partial charge is 0.341 e. The van der Waals surface area contributed by atoms with Crippen molar-refractivity contribution in [2.24, 2.45) is 11.8 Å². The SMILES string of the molecule is CC(C(=O)N1CCC(NCC2CC2)CC1)N1CCC(Cc2ccccc2)CC1. The summed E-state index contributed by atoms with van der Waals surface area (Å²) in [6, 6.07) is 11.5. The van der Waals surface area contributed by atoms with Crippen LogP contribution in [0.1, 0.15) is 51.0 Å². The van der Waals surface area contributed by atoms with Gasteiger partial charge in [-0.25, -0.2) is 0 Å². The highest BCUT2D eigenvalue weighted by Gasteiger charge is 2.31. The van der Waals surface area contributed by atoms with Crippen LogP contribution in [0.25, 0.3) is 0 Å². The first-order valence-corrected chi connectivity index (χ1v) is 11.5.